The molecule has 2 aromatic carbocycles. The van der Waals surface area contributed by atoms with E-state index in [1.807, 2.05) is 48.5 Å². The van der Waals surface area contributed by atoms with Crippen LogP contribution in [0.25, 0.3) is 11.3 Å². The summed E-state index contributed by atoms with van der Waals surface area (Å²) in [6.07, 6.45) is -2.42. The molecule has 0 aliphatic heterocycles. The van der Waals surface area contributed by atoms with Crippen molar-refractivity contribution in [1.82, 2.24) is 19.7 Å². The van der Waals surface area contributed by atoms with E-state index in [1.54, 1.807) is 30.5 Å². The number of nitrogens with zero attached hydrogens (tertiary/aromatic N) is 3. The number of aliphatic carboxylic acids is 1. The number of nitrogens with one attached hydrogen (secondary N) is 2. The number of anilines is 3. The van der Waals surface area contributed by atoms with Gasteiger partial charge in [-0.25, -0.2) is 22.9 Å². The van der Waals surface area contributed by atoms with Crippen LogP contribution in [0.15, 0.2) is 79.0 Å². The van der Waals surface area contributed by atoms with E-state index in [0.29, 0.717) is 23.0 Å². The largest absolute Gasteiger partial charge is 0.490 e. The minimum Gasteiger partial charge on any atom is -0.475 e. The molecule has 0 amide bonds. The zero-order valence-corrected chi connectivity index (χ0v) is 21.6. The summed E-state index contributed by atoms with van der Waals surface area (Å²) in [5.74, 6) is -0.842. The van der Waals surface area contributed by atoms with Gasteiger partial charge in [0.25, 0.3) is 0 Å². The van der Waals surface area contributed by atoms with Gasteiger partial charge in [0.15, 0.2) is 0 Å². The van der Waals surface area contributed by atoms with Gasteiger partial charge in [0.2, 0.25) is 16.0 Å². The highest BCUT2D eigenvalue weighted by molar-refractivity contribution is 7.88. The monoisotopic (exact) mass is 576 g/mol. The summed E-state index contributed by atoms with van der Waals surface area (Å²) in [4.78, 5) is 21.6. The lowest BCUT2D eigenvalue weighted by Gasteiger charge is -2.10. The Morgan fingerprint density at radius 2 is 1.65 bits per heavy atom. The normalized spacial score (nSPS) is 11.2. The highest BCUT2D eigenvalue weighted by Crippen LogP contribution is 2.26. The second kappa shape index (κ2) is 12.9. The number of pyridine rings is 1. The number of alkyl halides is 3. The maximum Gasteiger partial charge on any atom is 0.490 e. The Morgan fingerprint density at radius 1 is 1.00 bits per heavy atom. The van der Waals surface area contributed by atoms with E-state index in [9.17, 15) is 21.6 Å². The van der Waals surface area contributed by atoms with E-state index in [-0.39, 0.29) is 12.5 Å². The highest BCUT2D eigenvalue weighted by atomic mass is 32.2. The molecule has 0 fully saturated rings. The number of rotatable bonds is 8. The number of hydrogen-bond acceptors (Lipinski definition) is 9. The average Bonchev–Trinajstić information content (AvgIpc) is 2.88. The van der Waals surface area contributed by atoms with Gasteiger partial charge in [0.05, 0.1) is 24.2 Å². The van der Waals surface area contributed by atoms with Gasteiger partial charge in [-0.15, -0.1) is 0 Å². The van der Waals surface area contributed by atoms with Crippen molar-refractivity contribution in [2.24, 2.45) is 0 Å². The van der Waals surface area contributed by atoms with Crippen molar-refractivity contribution >= 4 is 33.4 Å². The molecule has 2 heterocycles. The van der Waals surface area contributed by atoms with Crippen LogP contribution in [0.2, 0.25) is 0 Å². The van der Waals surface area contributed by atoms with Gasteiger partial charge in [-0.1, -0.05) is 30.3 Å². The predicted octanol–water partition coefficient (Wildman–Crippen LogP) is 4.34. The molecule has 0 aliphatic rings. The van der Waals surface area contributed by atoms with E-state index in [2.05, 4.69) is 25.0 Å². The first kappa shape index (κ1) is 29.8. The van der Waals surface area contributed by atoms with Crippen molar-refractivity contribution in [3.8, 4) is 22.8 Å². The molecule has 0 bridgehead atoms. The number of benzene rings is 2. The van der Waals surface area contributed by atoms with Crippen LogP contribution in [0.1, 0.15) is 5.69 Å². The number of sulfonamides is 1. The van der Waals surface area contributed by atoms with Crippen LogP contribution in [-0.4, -0.2) is 46.9 Å². The number of nitrogens with two attached hydrogens (primary N) is 1. The third-order valence-electron chi connectivity index (χ3n) is 4.72. The summed E-state index contributed by atoms with van der Waals surface area (Å²) in [7, 11) is -3.30. The molecule has 11 nitrogen and oxygen atoms in total. The van der Waals surface area contributed by atoms with E-state index in [0.717, 1.165) is 23.2 Å². The van der Waals surface area contributed by atoms with Crippen LogP contribution in [0, 0.1) is 0 Å². The molecule has 0 unspecified atom stereocenters. The first-order valence-corrected chi connectivity index (χ1v) is 13.1. The number of halogens is 3. The number of carbonyl (C=O) groups is 1. The number of nitrogen functional groups attached to an aromatic ring is 1. The molecule has 15 heteroatoms. The summed E-state index contributed by atoms with van der Waals surface area (Å²) in [5, 5.41) is 10.3. The lowest BCUT2D eigenvalue weighted by molar-refractivity contribution is -0.192. The quantitative estimate of drug-likeness (QED) is 0.237. The van der Waals surface area contributed by atoms with E-state index < -0.39 is 22.2 Å². The summed E-state index contributed by atoms with van der Waals surface area (Å²) in [6, 6.07) is 22.3. The molecule has 0 atom stereocenters. The van der Waals surface area contributed by atoms with Gasteiger partial charge < -0.3 is 20.9 Å². The van der Waals surface area contributed by atoms with Gasteiger partial charge >= 0.3 is 12.1 Å². The summed E-state index contributed by atoms with van der Waals surface area (Å²) < 4.78 is 62.5. The standard InChI is InChI=1S/C23H22N6O3S.C2HF3O2/c1-33(30,31)26-15-18-13-20(11-12-25-18)32-19-9-7-17(8-10-19)27-22-14-21(28-23(24)29-22)16-5-3-2-4-6-16;3-2(4,5)1(6)7/h2-14,26H,15H2,1H3,(H3,24,27,28,29);(H,6,7). The number of hydrogen-bond donors (Lipinski definition) is 4. The third kappa shape index (κ3) is 9.85. The molecule has 40 heavy (non-hydrogen) atoms. The van der Waals surface area contributed by atoms with Crippen molar-refractivity contribution < 1.29 is 36.2 Å². The molecular weight excluding hydrogens is 553 g/mol. The smallest absolute Gasteiger partial charge is 0.475 e. The average molecular weight is 577 g/mol. The van der Waals surface area contributed by atoms with E-state index >= 15 is 0 Å². The van der Waals surface area contributed by atoms with Crippen molar-refractivity contribution in [2.45, 2.75) is 12.7 Å². The van der Waals surface area contributed by atoms with Crippen LogP contribution in [0.5, 0.6) is 11.5 Å². The second-order valence-electron chi connectivity index (χ2n) is 7.99. The summed E-state index contributed by atoms with van der Waals surface area (Å²) in [6.45, 7) is 0.0892. The van der Waals surface area contributed by atoms with E-state index in [1.165, 1.54) is 0 Å². The van der Waals surface area contributed by atoms with Crippen LogP contribution in [0.3, 0.4) is 0 Å². The summed E-state index contributed by atoms with van der Waals surface area (Å²) >= 11 is 0. The molecule has 0 aliphatic carbocycles. The van der Waals surface area contributed by atoms with Crippen molar-refractivity contribution in [3.63, 3.8) is 0 Å². The number of carboxylic acids is 1. The van der Waals surface area contributed by atoms with Crippen LogP contribution >= 0.6 is 0 Å². The lowest BCUT2D eigenvalue weighted by Crippen LogP contribution is -2.21. The SMILES string of the molecule is CS(=O)(=O)NCc1cc(Oc2ccc(Nc3cc(-c4ccccc4)nc(N)n3)cc2)ccn1.O=C(O)C(F)(F)F. The molecule has 4 rings (SSSR count). The van der Waals surface area contributed by atoms with Gasteiger partial charge in [-0.05, 0) is 30.3 Å². The molecule has 4 aromatic rings. The van der Waals surface area contributed by atoms with Crippen molar-refractivity contribution in [2.75, 3.05) is 17.3 Å². The molecular formula is C25H23F3N6O5S. The van der Waals surface area contributed by atoms with Crippen molar-refractivity contribution in [1.29, 1.82) is 0 Å². The van der Waals surface area contributed by atoms with Gasteiger partial charge in [0.1, 0.15) is 17.3 Å². The predicted molar refractivity (Wildman–Crippen MR) is 141 cm³/mol. The van der Waals surface area contributed by atoms with Crippen LogP contribution in [0.4, 0.5) is 30.6 Å². The fourth-order valence-electron chi connectivity index (χ4n) is 3.00. The first-order valence-electron chi connectivity index (χ1n) is 11.2. The molecule has 0 radical (unpaired) electrons. The third-order valence-corrected chi connectivity index (χ3v) is 5.39. The maximum absolute atomic E-state index is 11.3. The minimum absolute atomic E-state index is 0.0892. The minimum atomic E-state index is -5.08. The van der Waals surface area contributed by atoms with Gasteiger partial charge in [-0.2, -0.15) is 18.2 Å². The molecule has 2 aromatic heterocycles. The highest BCUT2D eigenvalue weighted by Gasteiger charge is 2.38. The Balaban J connectivity index is 0.000000559. The molecule has 0 saturated heterocycles. The fraction of sp³-hybridized carbons (Fsp3) is 0.120. The van der Waals surface area contributed by atoms with Gasteiger partial charge in [0, 0.05) is 29.6 Å². The maximum atomic E-state index is 11.3. The molecule has 5 N–H and O–H groups in total. The summed E-state index contributed by atoms with van der Waals surface area (Å²) in [5.41, 5.74) is 8.91. The zero-order chi connectivity index (χ0) is 29.3. The second-order valence-corrected chi connectivity index (χ2v) is 9.83. The number of ether oxygens (including phenoxy) is 1. The van der Waals surface area contributed by atoms with Gasteiger partial charge in [-0.3, -0.25) is 4.98 Å². The topological polar surface area (TPSA) is 169 Å². The van der Waals surface area contributed by atoms with Crippen LogP contribution < -0.4 is 20.5 Å². The lowest BCUT2D eigenvalue weighted by atomic mass is 10.1. The Kier molecular flexibility index (Phi) is 9.58. The van der Waals surface area contributed by atoms with Crippen molar-refractivity contribution in [3.05, 3.63) is 84.7 Å². The number of carboxylic acid groups (broad SMARTS) is 1. The Bertz CT molecular complexity index is 1550. The Morgan fingerprint density at radius 3 is 2.25 bits per heavy atom. The molecule has 210 valence electrons. The molecule has 0 spiro atoms. The zero-order valence-electron chi connectivity index (χ0n) is 20.8. The molecule has 0 saturated carbocycles. The Hall–Kier alpha value is -4.76. The Labute approximate surface area is 226 Å². The van der Waals surface area contributed by atoms with Crippen LogP contribution in [-0.2, 0) is 21.4 Å². The number of aromatic nitrogens is 3. The van der Waals surface area contributed by atoms with E-state index in [4.69, 9.17) is 20.4 Å². The fourth-order valence-corrected chi connectivity index (χ4v) is 3.41. The first-order chi connectivity index (χ1) is 18.8.